The van der Waals surface area contributed by atoms with E-state index in [4.69, 9.17) is 0 Å². The van der Waals surface area contributed by atoms with Gasteiger partial charge in [-0.15, -0.1) is 0 Å². The van der Waals surface area contributed by atoms with E-state index in [-0.39, 0.29) is 0 Å². The Kier molecular flexibility index (Phi) is 3.44. The maximum atomic E-state index is 3.45. The Morgan fingerprint density at radius 1 is 1.20 bits per heavy atom. The highest BCUT2D eigenvalue weighted by Gasteiger charge is 2.14. The second-order valence-corrected chi connectivity index (χ2v) is 4.18. The second-order valence-electron chi connectivity index (χ2n) is 4.18. The van der Waals surface area contributed by atoms with Crippen LogP contribution in [0.4, 0.5) is 0 Å². The quantitative estimate of drug-likeness (QED) is 0.729. The van der Waals surface area contributed by atoms with Crippen molar-refractivity contribution in [2.24, 2.45) is 0 Å². The highest BCUT2D eigenvalue weighted by Crippen LogP contribution is 2.27. The highest BCUT2D eigenvalue weighted by atomic mass is 14.9. The number of benzene rings is 1. The molecule has 80 valence electrons. The van der Waals surface area contributed by atoms with E-state index >= 15 is 0 Å². The van der Waals surface area contributed by atoms with Gasteiger partial charge in [0.05, 0.1) is 6.04 Å². The standard InChI is InChI=1S/C14H19N/c1-2-3-4-9-14-13-8-6-5-7-12(13)10-11-15-14/h5-8,10-11,14-15H,2-4,9H2,1H3. The van der Waals surface area contributed by atoms with Crippen LogP contribution < -0.4 is 5.32 Å². The van der Waals surface area contributed by atoms with Crippen LogP contribution in [-0.4, -0.2) is 0 Å². The van der Waals surface area contributed by atoms with Crippen LogP contribution in [0.3, 0.4) is 0 Å². The van der Waals surface area contributed by atoms with Gasteiger partial charge < -0.3 is 5.32 Å². The topological polar surface area (TPSA) is 12.0 Å². The van der Waals surface area contributed by atoms with E-state index in [0.717, 1.165) is 0 Å². The van der Waals surface area contributed by atoms with E-state index in [0.29, 0.717) is 6.04 Å². The number of rotatable bonds is 4. The van der Waals surface area contributed by atoms with Crippen LogP contribution in [0, 0.1) is 0 Å². The Morgan fingerprint density at radius 2 is 2.07 bits per heavy atom. The van der Waals surface area contributed by atoms with Gasteiger partial charge in [0.2, 0.25) is 0 Å². The summed E-state index contributed by atoms with van der Waals surface area (Å²) in [5.41, 5.74) is 2.83. The molecule has 1 aromatic rings. The largest absolute Gasteiger partial charge is 0.384 e. The first kappa shape index (κ1) is 10.3. The molecule has 15 heavy (non-hydrogen) atoms. The molecule has 1 atom stereocenters. The Bertz CT molecular complexity index is 341. The molecule has 1 nitrogen and oxygen atoms in total. The number of fused-ring (bicyclic) bond motifs is 1. The minimum Gasteiger partial charge on any atom is -0.384 e. The molecule has 0 spiro atoms. The van der Waals surface area contributed by atoms with Crippen molar-refractivity contribution in [1.29, 1.82) is 0 Å². The van der Waals surface area contributed by atoms with Gasteiger partial charge in [-0.1, -0.05) is 50.5 Å². The first-order valence-electron chi connectivity index (χ1n) is 5.93. The van der Waals surface area contributed by atoms with Crippen molar-refractivity contribution in [3.63, 3.8) is 0 Å². The summed E-state index contributed by atoms with van der Waals surface area (Å²) >= 11 is 0. The van der Waals surface area contributed by atoms with Crippen molar-refractivity contribution in [2.45, 2.75) is 38.6 Å². The molecule has 0 radical (unpaired) electrons. The molecule has 0 aromatic heterocycles. The number of unbranched alkanes of at least 4 members (excludes halogenated alkanes) is 2. The fourth-order valence-corrected chi connectivity index (χ4v) is 2.16. The van der Waals surface area contributed by atoms with Crippen LogP contribution in [-0.2, 0) is 0 Å². The lowest BCUT2D eigenvalue weighted by atomic mass is 9.94. The minimum absolute atomic E-state index is 0.526. The third kappa shape index (κ3) is 2.41. The maximum absolute atomic E-state index is 3.45. The molecule has 0 bridgehead atoms. The smallest absolute Gasteiger partial charge is 0.0514 e. The van der Waals surface area contributed by atoms with Crippen LogP contribution in [0.25, 0.3) is 6.08 Å². The summed E-state index contributed by atoms with van der Waals surface area (Å²) in [4.78, 5) is 0. The fraction of sp³-hybridized carbons (Fsp3) is 0.429. The zero-order valence-electron chi connectivity index (χ0n) is 9.37. The van der Waals surface area contributed by atoms with Crippen molar-refractivity contribution in [3.8, 4) is 0 Å². The van der Waals surface area contributed by atoms with Crippen LogP contribution in [0.15, 0.2) is 30.5 Å². The minimum atomic E-state index is 0.526. The van der Waals surface area contributed by atoms with Crippen LogP contribution >= 0.6 is 0 Å². The molecule has 0 amide bonds. The number of hydrogen-bond donors (Lipinski definition) is 1. The molecule has 1 heterocycles. The Labute approximate surface area is 92.2 Å². The lowest BCUT2D eigenvalue weighted by molar-refractivity contribution is 0.524. The maximum Gasteiger partial charge on any atom is 0.0514 e. The molecule has 0 aliphatic carbocycles. The van der Waals surface area contributed by atoms with E-state index < -0.39 is 0 Å². The Morgan fingerprint density at radius 3 is 2.93 bits per heavy atom. The van der Waals surface area contributed by atoms with E-state index in [1.165, 1.54) is 36.8 Å². The average Bonchev–Trinajstić information content (AvgIpc) is 2.30. The summed E-state index contributed by atoms with van der Waals surface area (Å²) in [6.07, 6.45) is 9.43. The third-order valence-electron chi connectivity index (χ3n) is 3.03. The van der Waals surface area contributed by atoms with Gasteiger partial charge in [0.15, 0.2) is 0 Å². The predicted molar refractivity (Wildman–Crippen MR) is 65.5 cm³/mol. The molecular weight excluding hydrogens is 182 g/mol. The van der Waals surface area contributed by atoms with E-state index in [1.54, 1.807) is 0 Å². The molecule has 2 rings (SSSR count). The third-order valence-corrected chi connectivity index (χ3v) is 3.03. The van der Waals surface area contributed by atoms with Crippen molar-refractivity contribution in [2.75, 3.05) is 0 Å². The monoisotopic (exact) mass is 201 g/mol. The van der Waals surface area contributed by atoms with Crippen LogP contribution in [0.1, 0.15) is 49.8 Å². The molecule has 0 saturated heterocycles. The van der Waals surface area contributed by atoms with Gasteiger partial charge >= 0.3 is 0 Å². The Hall–Kier alpha value is -1.24. The predicted octanol–water partition coefficient (Wildman–Crippen LogP) is 3.88. The van der Waals surface area contributed by atoms with Crippen molar-refractivity contribution < 1.29 is 0 Å². The summed E-state index contributed by atoms with van der Waals surface area (Å²) in [6.45, 7) is 2.25. The molecule has 0 fully saturated rings. The van der Waals surface area contributed by atoms with Gasteiger partial charge in [0.25, 0.3) is 0 Å². The number of hydrogen-bond acceptors (Lipinski definition) is 1. The van der Waals surface area contributed by atoms with Crippen LogP contribution in [0.5, 0.6) is 0 Å². The van der Waals surface area contributed by atoms with Crippen LogP contribution in [0.2, 0.25) is 0 Å². The first-order chi connectivity index (χ1) is 7.42. The Balaban J connectivity index is 2.05. The van der Waals surface area contributed by atoms with E-state index in [2.05, 4.69) is 48.8 Å². The second kappa shape index (κ2) is 5.01. The van der Waals surface area contributed by atoms with E-state index in [1.807, 2.05) is 0 Å². The van der Waals surface area contributed by atoms with Crippen molar-refractivity contribution in [3.05, 3.63) is 41.6 Å². The molecular formula is C14H19N. The molecule has 1 aromatic carbocycles. The normalized spacial score (nSPS) is 18.3. The summed E-state index contributed by atoms with van der Waals surface area (Å²) < 4.78 is 0. The number of nitrogens with one attached hydrogen (secondary N) is 1. The molecule has 1 aliphatic rings. The average molecular weight is 201 g/mol. The fourth-order valence-electron chi connectivity index (χ4n) is 2.16. The molecule has 0 saturated carbocycles. The van der Waals surface area contributed by atoms with Gasteiger partial charge in [-0.05, 0) is 29.8 Å². The molecule has 1 unspecified atom stereocenters. The molecule has 1 N–H and O–H groups in total. The zero-order valence-corrected chi connectivity index (χ0v) is 9.37. The van der Waals surface area contributed by atoms with Crippen molar-refractivity contribution in [1.82, 2.24) is 5.32 Å². The summed E-state index contributed by atoms with van der Waals surface area (Å²) in [7, 11) is 0. The molecule has 1 aliphatic heterocycles. The summed E-state index contributed by atoms with van der Waals surface area (Å²) in [5, 5.41) is 3.45. The molecule has 1 heteroatoms. The van der Waals surface area contributed by atoms with E-state index in [9.17, 15) is 0 Å². The lowest BCUT2D eigenvalue weighted by Crippen LogP contribution is -2.19. The van der Waals surface area contributed by atoms with Gasteiger partial charge in [-0.25, -0.2) is 0 Å². The van der Waals surface area contributed by atoms with Crippen molar-refractivity contribution >= 4 is 6.08 Å². The summed E-state index contributed by atoms with van der Waals surface area (Å²) in [6, 6.07) is 9.20. The lowest BCUT2D eigenvalue weighted by Gasteiger charge is -2.23. The van der Waals surface area contributed by atoms with Gasteiger partial charge in [-0.3, -0.25) is 0 Å². The zero-order chi connectivity index (χ0) is 10.5. The summed E-state index contributed by atoms with van der Waals surface area (Å²) in [5.74, 6) is 0. The van der Waals surface area contributed by atoms with Gasteiger partial charge in [0.1, 0.15) is 0 Å². The first-order valence-corrected chi connectivity index (χ1v) is 5.93. The SMILES string of the molecule is CCCCCC1NC=Cc2ccccc21. The van der Waals surface area contributed by atoms with Gasteiger partial charge in [0, 0.05) is 0 Å². The highest BCUT2D eigenvalue weighted by molar-refractivity contribution is 5.56. The van der Waals surface area contributed by atoms with Gasteiger partial charge in [-0.2, -0.15) is 0 Å².